The molecule has 3 atom stereocenters. The molecule has 1 saturated carbocycles. The predicted molar refractivity (Wildman–Crippen MR) is 118 cm³/mol. The number of halogens is 1. The second-order valence-electron chi connectivity index (χ2n) is 8.22. The topological polar surface area (TPSA) is 88.6 Å². The van der Waals surface area contributed by atoms with Crippen LogP contribution in [-0.4, -0.2) is 44.4 Å². The molecule has 2 fully saturated rings. The van der Waals surface area contributed by atoms with E-state index in [1.54, 1.807) is 0 Å². The van der Waals surface area contributed by atoms with Crippen molar-refractivity contribution in [1.82, 2.24) is 24.7 Å². The quantitative estimate of drug-likeness (QED) is 0.528. The van der Waals surface area contributed by atoms with Crippen molar-refractivity contribution in [2.45, 2.75) is 6.42 Å². The van der Waals surface area contributed by atoms with Crippen molar-refractivity contribution in [3.05, 3.63) is 53.9 Å². The van der Waals surface area contributed by atoms with Gasteiger partial charge in [-0.25, -0.2) is 9.97 Å². The fourth-order valence-corrected chi connectivity index (χ4v) is 5.20. The van der Waals surface area contributed by atoms with Crippen LogP contribution in [0.2, 0.25) is 5.02 Å². The second kappa shape index (κ2) is 6.82. The summed E-state index contributed by atoms with van der Waals surface area (Å²) in [5.74, 6) is 3.07. The maximum atomic E-state index is 6.61. The standard InChI is InChI=1S/C22H22ClN7/c23-18-9-13(29-6-1-2-7-29)3-4-15(18)20-21-22(28-27-20)26-19(11-25-21)30-8-5-14-16(10-24)17(14)12-30/h1-4,6-7,9,11,14,16-17H,5,8,10,12,24H2,(H,26,27,28). The van der Waals surface area contributed by atoms with Crippen LogP contribution in [-0.2, 0) is 0 Å². The third-order valence-electron chi connectivity index (χ3n) is 6.65. The van der Waals surface area contributed by atoms with Crippen molar-refractivity contribution in [3.8, 4) is 16.9 Å². The van der Waals surface area contributed by atoms with Gasteiger partial charge >= 0.3 is 0 Å². The van der Waals surface area contributed by atoms with E-state index in [9.17, 15) is 0 Å². The van der Waals surface area contributed by atoms with Crippen LogP contribution in [0.25, 0.3) is 28.1 Å². The average Bonchev–Trinajstić information content (AvgIpc) is 3.11. The minimum atomic E-state index is 0.612. The molecule has 1 aliphatic heterocycles. The Morgan fingerprint density at radius 3 is 2.87 bits per heavy atom. The number of nitrogens with zero attached hydrogens (tertiary/aromatic N) is 5. The lowest BCUT2D eigenvalue weighted by molar-refractivity contribution is 0.546. The molecular formula is C22H22ClN7. The van der Waals surface area contributed by atoms with Gasteiger partial charge in [0, 0.05) is 36.7 Å². The minimum Gasteiger partial charge on any atom is -0.355 e. The molecule has 0 bridgehead atoms. The molecule has 152 valence electrons. The van der Waals surface area contributed by atoms with Crippen molar-refractivity contribution in [2.75, 3.05) is 24.5 Å². The lowest BCUT2D eigenvalue weighted by Crippen LogP contribution is -2.32. The summed E-state index contributed by atoms with van der Waals surface area (Å²) in [5, 5.41) is 8.14. The lowest BCUT2D eigenvalue weighted by atomic mass is 10.1. The van der Waals surface area contributed by atoms with E-state index in [0.29, 0.717) is 22.5 Å². The third kappa shape index (κ3) is 2.80. The van der Waals surface area contributed by atoms with E-state index in [1.165, 1.54) is 6.42 Å². The smallest absolute Gasteiger partial charge is 0.202 e. The Kier molecular flexibility index (Phi) is 4.07. The molecule has 3 N–H and O–H groups in total. The molecule has 1 aromatic carbocycles. The molecule has 4 aromatic rings. The summed E-state index contributed by atoms with van der Waals surface area (Å²) in [5.41, 5.74) is 9.89. The van der Waals surface area contributed by atoms with Crippen LogP contribution in [0.1, 0.15) is 6.42 Å². The van der Waals surface area contributed by atoms with E-state index < -0.39 is 0 Å². The van der Waals surface area contributed by atoms with Gasteiger partial charge in [-0.1, -0.05) is 11.6 Å². The summed E-state index contributed by atoms with van der Waals surface area (Å²) in [6, 6.07) is 9.94. The van der Waals surface area contributed by atoms with Gasteiger partial charge in [-0.3, -0.25) is 5.10 Å². The predicted octanol–water partition coefficient (Wildman–Crippen LogP) is 3.50. The molecule has 30 heavy (non-hydrogen) atoms. The Hall–Kier alpha value is -2.90. The largest absolute Gasteiger partial charge is 0.355 e. The molecule has 0 amide bonds. The molecule has 1 saturated heterocycles. The maximum Gasteiger partial charge on any atom is 0.202 e. The first-order chi connectivity index (χ1) is 14.7. The van der Waals surface area contributed by atoms with E-state index in [1.807, 2.05) is 53.5 Å². The molecular weight excluding hydrogens is 398 g/mol. The Labute approximate surface area is 178 Å². The van der Waals surface area contributed by atoms with Crippen LogP contribution in [0.15, 0.2) is 48.9 Å². The van der Waals surface area contributed by atoms with Crippen molar-refractivity contribution >= 4 is 28.6 Å². The molecule has 6 rings (SSSR count). The van der Waals surface area contributed by atoms with Gasteiger partial charge in [0.1, 0.15) is 11.3 Å². The molecule has 0 radical (unpaired) electrons. The number of aromatic amines is 1. The molecule has 2 aliphatic rings. The first-order valence-corrected chi connectivity index (χ1v) is 10.7. The zero-order valence-corrected chi connectivity index (χ0v) is 17.1. The van der Waals surface area contributed by atoms with Gasteiger partial charge in [0.2, 0.25) is 5.65 Å². The van der Waals surface area contributed by atoms with Gasteiger partial charge in [0.25, 0.3) is 0 Å². The highest BCUT2D eigenvalue weighted by atomic mass is 35.5. The zero-order valence-electron chi connectivity index (χ0n) is 16.4. The number of nitrogens with two attached hydrogens (primary N) is 1. The van der Waals surface area contributed by atoms with Crippen molar-refractivity contribution in [2.24, 2.45) is 23.5 Å². The number of anilines is 1. The number of fused-ring (bicyclic) bond motifs is 2. The SMILES string of the molecule is NCC1C2CCN(c3cnc4c(-c5ccc(-n6cccc6)cc5Cl)[nH]nc4n3)CC12. The Bertz CT molecular complexity index is 1210. The molecule has 1 aliphatic carbocycles. The fraction of sp³-hybridized carbons (Fsp3) is 0.318. The Morgan fingerprint density at radius 2 is 2.07 bits per heavy atom. The molecule has 7 nitrogen and oxygen atoms in total. The molecule has 3 aromatic heterocycles. The number of hydrogen-bond donors (Lipinski definition) is 2. The first kappa shape index (κ1) is 17.9. The summed E-state index contributed by atoms with van der Waals surface area (Å²) < 4.78 is 2.02. The van der Waals surface area contributed by atoms with Crippen LogP contribution in [0.5, 0.6) is 0 Å². The number of piperidine rings is 1. The van der Waals surface area contributed by atoms with Gasteiger partial charge < -0.3 is 15.2 Å². The second-order valence-corrected chi connectivity index (χ2v) is 8.62. The number of nitrogens with one attached hydrogen (secondary N) is 1. The van der Waals surface area contributed by atoms with E-state index >= 15 is 0 Å². The maximum absolute atomic E-state index is 6.61. The highest BCUT2D eigenvalue weighted by Crippen LogP contribution is 2.51. The fourth-order valence-electron chi connectivity index (χ4n) is 4.93. The highest BCUT2D eigenvalue weighted by molar-refractivity contribution is 6.33. The number of hydrogen-bond acceptors (Lipinski definition) is 5. The van der Waals surface area contributed by atoms with Crippen LogP contribution < -0.4 is 10.6 Å². The summed E-state index contributed by atoms with van der Waals surface area (Å²) in [6.45, 7) is 2.80. The van der Waals surface area contributed by atoms with Crippen molar-refractivity contribution in [1.29, 1.82) is 0 Å². The molecule has 8 heteroatoms. The van der Waals surface area contributed by atoms with E-state index in [4.69, 9.17) is 27.3 Å². The van der Waals surface area contributed by atoms with Gasteiger partial charge in [0.05, 0.1) is 16.9 Å². The van der Waals surface area contributed by atoms with E-state index in [2.05, 4.69) is 15.1 Å². The Morgan fingerprint density at radius 1 is 1.20 bits per heavy atom. The minimum absolute atomic E-state index is 0.612. The van der Waals surface area contributed by atoms with E-state index in [-0.39, 0.29) is 0 Å². The van der Waals surface area contributed by atoms with Gasteiger partial charge in [0.15, 0.2) is 0 Å². The molecule has 0 spiro atoms. The highest BCUT2D eigenvalue weighted by Gasteiger charge is 2.51. The summed E-state index contributed by atoms with van der Waals surface area (Å²) in [7, 11) is 0. The number of rotatable bonds is 4. The van der Waals surface area contributed by atoms with Crippen LogP contribution >= 0.6 is 11.6 Å². The Balaban J connectivity index is 1.30. The monoisotopic (exact) mass is 419 g/mol. The number of H-pyrrole nitrogens is 1. The van der Waals surface area contributed by atoms with Crippen LogP contribution in [0.4, 0.5) is 5.82 Å². The van der Waals surface area contributed by atoms with Gasteiger partial charge in [-0.05, 0) is 61.1 Å². The summed E-state index contributed by atoms with van der Waals surface area (Å²) in [6.07, 6.45) is 7.01. The molecule has 4 heterocycles. The van der Waals surface area contributed by atoms with Gasteiger partial charge in [-0.15, -0.1) is 0 Å². The van der Waals surface area contributed by atoms with Crippen LogP contribution in [0, 0.1) is 17.8 Å². The lowest BCUT2D eigenvalue weighted by Gasteiger charge is -2.26. The third-order valence-corrected chi connectivity index (χ3v) is 6.96. The van der Waals surface area contributed by atoms with Crippen LogP contribution in [0.3, 0.4) is 0 Å². The van der Waals surface area contributed by atoms with Gasteiger partial charge in [-0.2, -0.15) is 5.10 Å². The van der Waals surface area contributed by atoms with Crippen molar-refractivity contribution < 1.29 is 0 Å². The molecule has 3 unspecified atom stereocenters. The van der Waals surface area contributed by atoms with E-state index in [0.717, 1.165) is 53.8 Å². The average molecular weight is 420 g/mol. The summed E-state index contributed by atoms with van der Waals surface area (Å²) in [4.78, 5) is 11.8. The number of aromatic nitrogens is 5. The van der Waals surface area contributed by atoms with Crippen molar-refractivity contribution in [3.63, 3.8) is 0 Å². The zero-order chi connectivity index (χ0) is 20.2. The summed E-state index contributed by atoms with van der Waals surface area (Å²) >= 11 is 6.61. The number of benzene rings is 1. The first-order valence-electron chi connectivity index (χ1n) is 10.3. The normalized spacial score (nSPS) is 23.0.